The monoisotopic (exact) mass is 382 g/mol. The molecule has 28 heavy (non-hydrogen) atoms. The lowest BCUT2D eigenvalue weighted by atomic mass is 9.73. The Morgan fingerprint density at radius 3 is 2.21 bits per heavy atom. The fraction of sp³-hybridized carbons (Fsp3) is 0.435. The predicted molar refractivity (Wildman–Crippen MR) is 106 cm³/mol. The van der Waals surface area contributed by atoms with Gasteiger partial charge < -0.3 is 9.64 Å². The summed E-state index contributed by atoms with van der Waals surface area (Å²) in [4.78, 5) is 18.0. The lowest BCUT2D eigenvalue weighted by molar-refractivity contribution is -0.143. The van der Waals surface area contributed by atoms with Gasteiger partial charge in [0.25, 0.3) is 0 Å². The number of carbonyl (C=O) groups excluding carboxylic acids is 1. The number of amides is 1. The van der Waals surface area contributed by atoms with E-state index in [1.165, 1.54) is 17.7 Å². The van der Waals surface area contributed by atoms with Crippen molar-refractivity contribution in [2.75, 3.05) is 39.4 Å². The van der Waals surface area contributed by atoms with Gasteiger partial charge in [0.15, 0.2) is 0 Å². The summed E-state index contributed by atoms with van der Waals surface area (Å²) < 4.78 is 19.0. The lowest BCUT2D eigenvalue weighted by Crippen LogP contribution is -2.55. The van der Waals surface area contributed by atoms with Crippen LogP contribution >= 0.6 is 0 Å². The molecule has 0 saturated carbocycles. The fourth-order valence-electron chi connectivity index (χ4n) is 4.37. The summed E-state index contributed by atoms with van der Waals surface area (Å²) in [5.74, 6) is -0.102. The molecule has 2 aromatic rings. The number of nitrogens with zero attached hydrogens (tertiary/aromatic N) is 2. The first-order valence-electron chi connectivity index (χ1n) is 10.1. The highest BCUT2D eigenvalue weighted by molar-refractivity contribution is 5.88. The molecule has 1 amide bonds. The van der Waals surface area contributed by atoms with Crippen molar-refractivity contribution in [3.05, 3.63) is 71.5 Å². The summed E-state index contributed by atoms with van der Waals surface area (Å²) in [6, 6.07) is 16.9. The molecule has 2 heterocycles. The summed E-state index contributed by atoms with van der Waals surface area (Å²) in [5, 5.41) is 0. The zero-order valence-electron chi connectivity index (χ0n) is 16.1. The summed E-state index contributed by atoms with van der Waals surface area (Å²) in [6.07, 6.45) is 1.31. The van der Waals surface area contributed by atoms with Crippen molar-refractivity contribution in [2.24, 2.45) is 0 Å². The molecule has 2 fully saturated rings. The van der Waals surface area contributed by atoms with Gasteiger partial charge in [0, 0.05) is 45.9 Å². The number of benzene rings is 2. The van der Waals surface area contributed by atoms with Gasteiger partial charge in [0.2, 0.25) is 5.91 Å². The SMILES string of the molecule is O=C(N1CCN(Cc2ccccc2)CC1)C1(c2ccc(F)cc2)CCOCC1. The molecule has 0 spiro atoms. The van der Waals surface area contributed by atoms with Crippen LogP contribution < -0.4 is 0 Å². The minimum Gasteiger partial charge on any atom is -0.381 e. The van der Waals surface area contributed by atoms with Gasteiger partial charge in [0.05, 0.1) is 5.41 Å². The van der Waals surface area contributed by atoms with E-state index < -0.39 is 5.41 Å². The molecule has 2 aromatic carbocycles. The Morgan fingerprint density at radius 2 is 1.57 bits per heavy atom. The van der Waals surface area contributed by atoms with E-state index in [0.29, 0.717) is 26.1 Å². The molecule has 0 N–H and O–H groups in total. The molecule has 2 aliphatic heterocycles. The number of carbonyl (C=O) groups is 1. The maximum Gasteiger partial charge on any atom is 0.233 e. The zero-order valence-corrected chi connectivity index (χ0v) is 16.1. The van der Waals surface area contributed by atoms with Gasteiger partial charge >= 0.3 is 0 Å². The molecule has 2 saturated heterocycles. The number of ether oxygens (including phenoxy) is 1. The van der Waals surface area contributed by atoms with E-state index in [2.05, 4.69) is 29.2 Å². The zero-order chi connectivity index (χ0) is 19.4. The molecule has 4 nitrogen and oxygen atoms in total. The molecule has 148 valence electrons. The van der Waals surface area contributed by atoms with Crippen molar-refractivity contribution in [3.8, 4) is 0 Å². The standard InChI is InChI=1S/C23H27FN2O2/c24-21-8-6-20(7-9-21)23(10-16-28-17-11-23)22(27)26-14-12-25(13-15-26)18-19-4-2-1-3-5-19/h1-9H,10-18H2. The highest BCUT2D eigenvalue weighted by Gasteiger charge is 2.44. The van der Waals surface area contributed by atoms with Gasteiger partial charge in [0.1, 0.15) is 5.82 Å². The van der Waals surface area contributed by atoms with Gasteiger partial charge in [-0.25, -0.2) is 4.39 Å². The van der Waals surface area contributed by atoms with Crippen molar-refractivity contribution in [1.82, 2.24) is 9.80 Å². The molecule has 4 rings (SSSR count). The van der Waals surface area contributed by atoms with E-state index in [9.17, 15) is 9.18 Å². The van der Waals surface area contributed by atoms with Crippen molar-refractivity contribution in [2.45, 2.75) is 24.8 Å². The van der Waals surface area contributed by atoms with Crippen LogP contribution in [0.4, 0.5) is 4.39 Å². The largest absolute Gasteiger partial charge is 0.381 e. The van der Waals surface area contributed by atoms with Gasteiger partial charge in [-0.15, -0.1) is 0 Å². The molecule has 0 atom stereocenters. The first-order valence-corrected chi connectivity index (χ1v) is 10.1. The Morgan fingerprint density at radius 1 is 0.929 bits per heavy atom. The lowest BCUT2D eigenvalue weighted by Gasteiger charge is -2.43. The van der Waals surface area contributed by atoms with E-state index in [0.717, 1.165) is 38.3 Å². The molecular formula is C23H27FN2O2. The van der Waals surface area contributed by atoms with Gasteiger partial charge in [-0.3, -0.25) is 9.69 Å². The topological polar surface area (TPSA) is 32.8 Å². The maximum atomic E-state index is 13.6. The van der Waals surface area contributed by atoms with Crippen LogP contribution in [0.25, 0.3) is 0 Å². The average molecular weight is 382 g/mol. The third kappa shape index (κ3) is 3.96. The van der Waals surface area contributed by atoms with E-state index in [1.54, 1.807) is 12.1 Å². The van der Waals surface area contributed by atoms with Crippen molar-refractivity contribution >= 4 is 5.91 Å². The van der Waals surface area contributed by atoms with Crippen LogP contribution in [0.3, 0.4) is 0 Å². The van der Waals surface area contributed by atoms with Crippen LogP contribution in [-0.2, 0) is 21.5 Å². The second-order valence-electron chi connectivity index (χ2n) is 7.76. The number of piperazine rings is 1. The van der Waals surface area contributed by atoms with E-state index in [1.807, 2.05) is 11.0 Å². The van der Waals surface area contributed by atoms with E-state index in [-0.39, 0.29) is 11.7 Å². The molecule has 5 heteroatoms. The first-order chi connectivity index (χ1) is 13.7. The van der Waals surface area contributed by atoms with Crippen LogP contribution in [0.5, 0.6) is 0 Å². The molecule has 0 aliphatic carbocycles. The van der Waals surface area contributed by atoms with Crippen LogP contribution in [0, 0.1) is 5.82 Å². The minimum atomic E-state index is -0.590. The van der Waals surface area contributed by atoms with Crippen LogP contribution in [0.1, 0.15) is 24.0 Å². The molecule has 2 aliphatic rings. The predicted octanol–water partition coefficient (Wildman–Crippen LogP) is 3.22. The first kappa shape index (κ1) is 19.1. The Hall–Kier alpha value is -2.24. The Kier molecular flexibility index (Phi) is 5.74. The molecule has 0 unspecified atom stereocenters. The third-order valence-corrected chi connectivity index (χ3v) is 6.06. The van der Waals surface area contributed by atoms with Gasteiger partial charge in [-0.1, -0.05) is 42.5 Å². The van der Waals surface area contributed by atoms with Crippen molar-refractivity contribution in [3.63, 3.8) is 0 Å². The van der Waals surface area contributed by atoms with Crippen LogP contribution in [0.2, 0.25) is 0 Å². The second kappa shape index (κ2) is 8.41. The molecule has 0 radical (unpaired) electrons. The Balaban J connectivity index is 1.45. The number of rotatable bonds is 4. The number of halogens is 1. The van der Waals surface area contributed by atoms with Crippen LogP contribution in [0.15, 0.2) is 54.6 Å². The van der Waals surface area contributed by atoms with Gasteiger partial charge in [-0.2, -0.15) is 0 Å². The smallest absolute Gasteiger partial charge is 0.233 e. The highest BCUT2D eigenvalue weighted by Crippen LogP contribution is 2.37. The van der Waals surface area contributed by atoms with E-state index in [4.69, 9.17) is 4.74 Å². The molecule has 0 bridgehead atoms. The number of hydrogen-bond donors (Lipinski definition) is 0. The van der Waals surface area contributed by atoms with E-state index >= 15 is 0 Å². The Labute approximate surface area is 165 Å². The number of hydrogen-bond acceptors (Lipinski definition) is 3. The minimum absolute atomic E-state index is 0.168. The Bertz CT molecular complexity index is 780. The quantitative estimate of drug-likeness (QED) is 0.814. The summed E-state index contributed by atoms with van der Waals surface area (Å²) >= 11 is 0. The summed E-state index contributed by atoms with van der Waals surface area (Å²) in [7, 11) is 0. The van der Waals surface area contributed by atoms with Gasteiger partial charge in [-0.05, 0) is 36.1 Å². The molecular weight excluding hydrogens is 355 g/mol. The van der Waals surface area contributed by atoms with Crippen molar-refractivity contribution < 1.29 is 13.9 Å². The highest BCUT2D eigenvalue weighted by atomic mass is 19.1. The third-order valence-electron chi connectivity index (χ3n) is 6.06. The van der Waals surface area contributed by atoms with Crippen molar-refractivity contribution in [1.29, 1.82) is 0 Å². The second-order valence-corrected chi connectivity index (χ2v) is 7.76. The fourth-order valence-corrected chi connectivity index (χ4v) is 4.37. The average Bonchev–Trinajstić information content (AvgIpc) is 2.75. The van der Waals surface area contributed by atoms with Crippen LogP contribution in [-0.4, -0.2) is 55.1 Å². The molecule has 0 aromatic heterocycles. The maximum absolute atomic E-state index is 13.6. The summed E-state index contributed by atoms with van der Waals surface area (Å²) in [6.45, 7) is 5.26. The normalized spacial score (nSPS) is 20.1. The summed E-state index contributed by atoms with van der Waals surface area (Å²) in [5.41, 5.74) is 1.62.